The van der Waals surface area contributed by atoms with Gasteiger partial charge in [0, 0.05) is 6.42 Å². The molecule has 0 saturated carbocycles. The third-order valence-corrected chi connectivity index (χ3v) is 4.30. The summed E-state index contributed by atoms with van der Waals surface area (Å²) in [5, 5.41) is 17.9. The maximum atomic E-state index is 10.3. The number of carbonyl (C=O) groups excluding carboxylic acids is 1. The summed E-state index contributed by atoms with van der Waals surface area (Å²) in [5.74, 6) is -1.79. The zero-order valence-electron chi connectivity index (χ0n) is 18.1. The van der Waals surface area contributed by atoms with Crippen molar-refractivity contribution in [3.05, 3.63) is 12.2 Å². The van der Waals surface area contributed by atoms with Gasteiger partial charge in [-0.3, -0.25) is 4.79 Å². The van der Waals surface area contributed by atoms with Crippen LogP contribution in [-0.4, -0.2) is 17.0 Å². The van der Waals surface area contributed by atoms with E-state index >= 15 is 0 Å². The Morgan fingerprint density at radius 2 is 1.07 bits per heavy atom. The van der Waals surface area contributed by atoms with Crippen molar-refractivity contribution in [1.82, 2.24) is 0 Å². The van der Waals surface area contributed by atoms with Gasteiger partial charge >= 0.3 is 35.5 Å². The SMILES string of the molecule is C/C=C/C(=O)[O-].CCCCCCCCCCCCCCCCCC(=O)O.[Na+]. The van der Waals surface area contributed by atoms with E-state index in [9.17, 15) is 14.7 Å². The van der Waals surface area contributed by atoms with E-state index in [1.165, 1.54) is 89.5 Å². The van der Waals surface area contributed by atoms with E-state index in [2.05, 4.69) is 6.92 Å². The number of carbonyl (C=O) groups is 2. The molecule has 0 heterocycles. The van der Waals surface area contributed by atoms with Crippen LogP contribution in [0.3, 0.4) is 0 Å². The van der Waals surface area contributed by atoms with E-state index in [1.807, 2.05) is 0 Å². The Morgan fingerprint density at radius 3 is 1.30 bits per heavy atom. The summed E-state index contributed by atoms with van der Waals surface area (Å²) in [6.45, 7) is 3.89. The van der Waals surface area contributed by atoms with Crippen LogP contribution in [0, 0.1) is 0 Å². The molecule has 1 N–H and O–H groups in total. The molecule has 4 nitrogen and oxygen atoms in total. The molecule has 0 bridgehead atoms. The van der Waals surface area contributed by atoms with Gasteiger partial charge in [0.1, 0.15) is 0 Å². The summed E-state index contributed by atoms with van der Waals surface area (Å²) in [5.41, 5.74) is 0. The molecule has 0 aromatic heterocycles. The molecule has 0 aliphatic rings. The molecule has 0 amide bonds. The van der Waals surface area contributed by atoms with Gasteiger partial charge in [0.2, 0.25) is 0 Å². The van der Waals surface area contributed by atoms with Crippen molar-refractivity contribution in [2.45, 2.75) is 117 Å². The second kappa shape index (κ2) is 27.9. The molecule has 0 spiro atoms. The number of hydrogen-bond donors (Lipinski definition) is 1. The van der Waals surface area contributed by atoms with Crippen LogP contribution in [0.5, 0.6) is 0 Å². The van der Waals surface area contributed by atoms with Crippen molar-refractivity contribution in [2.75, 3.05) is 0 Å². The molecular weight excluding hydrogens is 351 g/mol. The van der Waals surface area contributed by atoms with Crippen LogP contribution in [0.15, 0.2) is 12.2 Å². The van der Waals surface area contributed by atoms with Crippen molar-refractivity contribution >= 4 is 11.9 Å². The van der Waals surface area contributed by atoms with Gasteiger partial charge in [-0.1, -0.05) is 103 Å². The quantitative estimate of drug-likeness (QED) is 0.234. The van der Waals surface area contributed by atoms with Crippen LogP contribution < -0.4 is 34.7 Å². The fourth-order valence-corrected chi connectivity index (χ4v) is 2.78. The Morgan fingerprint density at radius 1 is 0.741 bits per heavy atom. The summed E-state index contributed by atoms with van der Waals surface area (Å²) in [4.78, 5) is 19.7. The number of carboxylic acid groups (broad SMARTS) is 2. The predicted molar refractivity (Wildman–Crippen MR) is 107 cm³/mol. The molecule has 0 fully saturated rings. The van der Waals surface area contributed by atoms with E-state index in [0.29, 0.717) is 6.42 Å². The van der Waals surface area contributed by atoms with E-state index in [4.69, 9.17) is 5.11 Å². The first-order valence-electron chi connectivity index (χ1n) is 10.6. The zero-order valence-corrected chi connectivity index (χ0v) is 20.1. The van der Waals surface area contributed by atoms with Gasteiger partial charge in [-0.2, -0.15) is 0 Å². The predicted octanol–water partition coefficient (Wildman–Crippen LogP) is 2.65. The number of allylic oxidation sites excluding steroid dienone is 1. The zero-order chi connectivity index (χ0) is 19.9. The minimum Gasteiger partial charge on any atom is -0.545 e. The first-order chi connectivity index (χ1) is 12.5. The molecule has 0 aliphatic carbocycles. The molecule has 0 atom stereocenters. The maximum Gasteiger partial charge on any atom is 1.00 e. The van der Waals surface area contributed by atoms with Gasteiger partial charge in [-0.05, 0) is 19.4 Å². The van der Waals surface area contributed by atoms with Crippen LogP contribution in [-0.2, 0) is 9.59 Å². The normalized spacial score (nSPS) is 10.1. The number of carboxylic acids is 2. The molecule has 0 aromatic carbocycles. The number of hydrogen-bond acceptors (Lipinski definition) is 3. The number of aliphatic carboxylic acids is 2. The Kier molecular flexibility index (Phi) is 32.4. The van der Waals surface area contributed by atoms with E-state index in [1.54, 1.807) is 6.92 Å². The van der Waals surface area contributed by atoms with E-state index in [0.717, 1.165) is 18.9 Å². The minimum atomic E-state index is -1.14. The van der Waals surface area contributed by atoms with E-state index < -0.39 is 11.9 Å². The molecule has 0 saturated heterocycles. The Labute approximate surface area is 189 Å². The summed E-state index contributed by atoms with van der Waals surface area (Å²) >= 11 is 0. The summed E-state index contributed by atoms with van der Waals surface area (Å²) in [6, 6.07) is 0. The molecule has 0 radical (unpaired) electrons. The number of rotatable bonds is 17. The van der Waals surface area contributed by atoms with Gasteiger partial charge in [0.15, 0.2) is 0 Å². The van der Waals surface area contributed by atoms with Crippen LogP contribution in [0.25, 0.3) is 0 Å². The third-order valence-electron chi connectivity index (χ3n) is 4.30. The fourth-order valence-electron chi connectivity index (χ4n) is 2.78. The molecule has 27 heavy (non-hydrogen) atoms. The van der Waals surface area contributed by atoms with Crippen molar-refractivity contribution in [2.24, 2.45) is 0 Å². The van der Waals surface area contributed by atoms with Gasteiger partial charge < -0.3 is 15.0 Å². The molecule has 0 unspecified atom stereocenters. The Balaban J connectivity index is -0.000000709. The molecule has 0 aliphatic heterocycles. The average Bonchev–Trinajstić information content (AvgIpc) is 2.58. The summed E-state index contributed by atoms with van der Waals surface area (Å²) in [7, 11) is 0. The first-order valence-corrected chi connectivity index (χ1v) is 10.6. The van der Waals surface area contributed by atoms with Crippen LogP contribution >= 0.6 is 0 Å². The largest absolute Gasteiger partial charge is 1.00 e. The molecule has 0 aromatic rings. The van der Waals surface area contributed by atoms with Crippen molar-refractivity contribution in [3.8, 4) is 0 Å². The van der Waals surface area contributed by atoms with Crippen molar-refractivity contribution in [1.29, 1.82) is 0 Å². The van der Waals surface area contributed by atoms with Gasteiger partial charge in [0.05, 0.1) is 5.97 Å². The average molecular weight is 393 g/mol. The Bertz CT molecular complexity index is 343. The van der Waals surface area contributed by atoms with E-state index in [-0.39, 0.29) is 29.6 Å². The van der Waals surface area contributed by atoms with Crippen LogP contribution in [0.4, 0.5) is 0 Å². The first kappa shape index (κ1) is 31.4. The fraction of sp³-hybridized carbons (Fsp3) is 0.818. The maximum absolute atomic E-state index is 10.3. The molecule has 5 heteroatoms. The third kappa shape index (κ3) is 37.2. The second-order valence-corrected chi connectivity index (χ2v) is 6.91. The van der Waals surface area contributed by atoms with Gasteiger partial charge in [0.25, 0.3) is 0 Å². The van der Waals surface area contributed by atoms with Crippen molar-refractivity contribution < 1.29 is 49.4 Å². The summed E-state index contributed by atoms with van der Waals surface area (Å²) < 4.78 is 0. The molecule has 154 valence electrons. The second-order valence-electron chi connectivity index (χ2n) is 6.91. The Hall–Kier alpha value is -0.320. The monoisotopic (exact) mass is 392 g/mol. The molecular formula is C22H41NaO4. The minimum absolute atomic E-state index is 0. The topological polar surface area (TPSA) is 77.4 Å². The van der Waals surface area contributed by atoms with Crippen molar-refractivity contribution in [3.63, 3.8) is 0 Å². The number of unbranched alkanes of at least 4 members (excludes halogenated alkanes) is 14. The summed E-state index contributed by atoms with van der Waals surface area (Å²) in [6.07, 6.45) is 22.6. The van der Waals surface area contributed by atoms with Gasteiger partial charge in [-0.25, -0.2) is 0 Å². The van der Waals surface area contributed by atoms with Gasteiger partial charge in [-0.15, -0.1) is 0 Å². The van der Waals surface area contributed by atoms with Crippen LogP contribution in [0.2, 0.25) is 0 Å². The van der Waals surface area contributed by atoms with Crippen LogP contribution in [0.1, 0.15) is 117 Å². The smallest absolute Gasteiger partial charge is 0.545 e. The standard InChI is InChI=1S/C18H36O2.C4H6O2.Na/c1-2-3-4-5-6-7-8-9-10-11-12-13-14-15-16-17-18(19)20;1-2-3-4(5)6;/h2-17H2,1H3,(H,19,20);2-3H,1H3,(H,5,6);/q;;+1/p-1/b;3-2+;. The molecule has 0 rings (SSSR count).